The minimum Gasteiger partial charge on any atom is -0.497 e. The summed E-state index contributed by atoms with van der Waals surface area (Å²) >= 11 is 0. The smallest absolute Gasteiger partial charge is 0.319 e. The molecule has 0 bridgehead atoms. The Morgan fingerprint density at radius 2 is 1.85 bits per heavy atom. The van der Waals surface area contributed by atoms with Crippen molar-refractivity contribution in [3.8, 4) is 5.75 Å². The number of nitrogens with zero attached hydrogens (tertiary/aromatic N) is 3. The quantitative estimate of drug-likeness (QED) is 0.567. The number of methoxy groups -OCH3 is 1. The highest BCUT2D eigenvalue weighted by molar-refractivity contribution is 5.95. The summed E-state index contributed by atoms with van der Waals surface area (Å²) in [4.78, 5) is 27.0. The number of hydrogen-bond donors (Lipinski definition) is 2. The highest BCUT2D eigenvalue weighted by Crippen LogP contribution is 2.35. The number of likely N-dealkylation sites (tertiary alicyclic amines) is 1. The van der Waals surface area contributed by atoms with Gasteiger partial charge >= 0.3 is 6.03 Å². The van der Waals surface area contributed by atoms with Crippen LogP contribution in [0.1, 0.15) is 23.3 Å². The van der Waals surface area contributed by atoms with Gasteiger partial charge in [0.05, 0.1) is 13.7 Å². The van der Waals surface area contributed by atoms with Crippen molar-refractivity contribution < 1.29 is 31.9 Å². The number of benzene rings is 2. The molecule has 0 radical (unpaired) electrons. The van der Waals surface area contributed by atoms with Crippen LogP contribution in [0.4, 0.5) is 23.7 Å². The van der Waals surface area contributed by atoms with Crippen LogP contribution in [0.5, 0.6) is 5.75 Å². The van der Waals surface area contributed by atoms with Crippen LogP contribution in [0.15, 0.2) is 40.8 Å². The van der Waals surface area contributed by atoms with Gasteiger partial charge in [-0.3, -0.25) is 4.79 Å². The number of halogens is 3. The molecule has 3 aromatic rings. The Labute approximate surface area is 191 Å². The van der Waals surface area contributed by atoms with E-state index in [0.29, 0.717) is 5.89 Å². The zero-order valence-corrected chi connectivity index (χ0v) is 18.1. The summed E-state index contributed by atoms with van der Waals surface area (Å²) in [5.74, 6) is -3.59. The molecule has 1 saturated heterocycles. The number of nitrogens with one attached hydrogen (secondary N) is 2. The summed E-state index contributed by atoms with van der Waals surface area (Å²) in [6, 6.07) is 4.85. The molecule has 2 unspecified atom stereocenters. The number of ether oxygens (including phenoxy) is 1. The summed E-state index contributed by atoms with van der Waals surface area (Å²) in [6.07, 6.45) is 0. The molecule has 2 atom stereocenters. The Morgan fingerprint density at radius 3 is 2.44 bits per heavy atom. The number of anilines is 1. The second-order valence-electron chi connectivity index (χ2n) is 7.63. The van der Waals surface area contributed by atoms with E-state index in [1.807, 2.05) is 0 Å². The first-order valence-electron chi connectivity index (χ1n) is 10.2. The maximum absolute atomic E-state index is 14.9. The van der Waals surface area contributed by atoms with E-state index in [9.17, 15) is 22.8 Å². The largest absolute Gasteiger partial charge is 0.497 e. The van der Waals surface area contributed by atoms with E-state index >= 15 is 0 Å². The number of urea groups is 1. The van der Waals surface area contributed by atoms with Crippen LogP contribution in [0, 0.1) is 24.4 Å². The lowest BCUT2D eigenvalue weighted by Crippen LogP contribution is -2.45. The highest BCUT2D eigenvalue weighted by Gasteiger charge is 2.45. The van der Waals surface area contributed by atoms with Crippen molar-refractivity contribution in [2.45, 2.75) is 25.4 Å². The lowest BCUT2D eigenvalue weighted by Gasteiger charge is -2.20. The van der Waals surface area contributed by atoms with Gasteiger partial charge < -0.3 is 24.7 Å². The monoisotopic (exact) mass is 475 g/mol. The van der Waals surface area contributed by atoms with Gasteiger partial charge in [0, 0.05) is 42.8 Å². The molecule has 0 aliphatic carbocycles. The Balaban J connectivity index is 1.61. The predicted molar refractivity (Wildman–Crippen MR) is 112 cm³/mol. The summed E-state index contributed by atoms with van der Waals surface area (Å²) in [5.41, 5.74) is -0.105. The third-order valence-electron chi connectivity index (χ3n) is 5.34. The van der Waals surface area contributed by atoms with Crippen LogP contribution in [0.25, 0.3) is 0 Å². The summed E-state index contributed by atoms with van der Waals surface area (Å²) in [7, 11) is 1.27. The fourth-order valence-electron chi connectivity index (χ4n) is 3.80. The molecule has 12 heteroatoms. The van der Waals surface area contributed by atoms with Crippen LogP contribution < -0.4 is 15.4 Å². The van der Waals surface area contributed by atoms with Crippen LogP contribution in [0.3, 0.4) is 0 Å². The molecule has 3 amide bonds. The van der Waals surface area contributed by atoms with E-state index in [2.05, 4.69) is 20.8 Å². The number of aryl methyl sites for hydroxylation is 1. The fourth-order valence-corrected chi connectivity index (χ4v) is 3.80. The zero-order valence-electron chi connectivity index (χ0n) is 18.1. The molecule has 4 rings (SSSR count). The normalized spacial score (nSPS) is 17.7. The summed E-state index contributed by atoms with van der Waals surface area (Å²) in [5, 5.41) is 12.5. The number of aromatic nitrogens is 2. The van der Waals surface area contributed by atoms with Gasteiger partial charge in [-0.2, -0.15) is 0 Å². The Hall–Kier alpha value is -4.09. The van der Waals surface area contributed by atoms with Gasteiger partial charge in [0.25, 0.3) is 0 Å². The first-order valence-corrected chi connectivity index (χ1v) is 10.2. The predicted octanol–water partition coefficient (Wildman–Crippen LogP) is 3.12. The van der Waals surface area contributed by atoms with E-state index < -0.39 is 41.3 Å². The van der Waals surface area contributed by atoms with Gasteiger partial charge in [-0.25, -0.2) is 18.0 Å². The number of rotatable bonds is 6. The topological polar surface area (TPSA) is 110 Å². The minimum atomic E-state index is -1.30. The molecule has 1 aromatic heterocycles. The van der Waals surface area contributed by atoms with Crippen molar-refractivity contribution in [1.29, 1.82) is 0 Å². The van der Waals surface area contributed by atoms with E-state index in [1.165, 1.54) is 24.1 Å². The van der Waals surface area contributed by atoms with Gasteiger partial charge in [0.2, 0.25) is 17.7 Å². The van der Waals surface area contributed by atoms with Crippen LogP contribution >= 0.6 is 0 Å². The van der Waals surface area contributed by atoms with Crippen LogP contribution in [-0.2, 0) is 11.3 Å². The number of carbonyl (C=O) groups is 2. The van der Waals surface area contributed by atoms with Gasteiger partial charge in [-0.1, -0.05) is 0 Å². The van der Waals surface area contributed by atoms with Gasteiger partial charge in [0.1, 0.15) is 29.2 Å². The van der Waals surface area contributed by atoms with Crippen molar-refractivity contribution in [1.82, 2.24) is 20.4 Å². The van der Waals surface area contributed by atoms with Crippen molar-refractivity contribution in [2.75, 3.05) is 19.0 Å². The second kappa shape index (κ2) is 9.41. The third-order valence-corrected chi connectivity index (χ3v) is 5.34. The summed E-state index contributed by atoms with van der Waals surface area (Å²) < 4.78 is 53.1. The fraction of sp³-hybridized carbons (Fsp3) is 0.273. The average molecular weight is 475 g/mol. The molecule has 178 valence electrons. The van der Waals surface area contributed by atoms with E-state index in [1.54, 1.807) is 6.92 Å². The molecule has 9 nitrogen and oxygen atoms in total. The van der Waals surface area contributed by atoms with E-state index in [4.69, 9.17) is 9.15 Å². The average Bonchev–Trinajstić information content (AvgIpc) is 3.33. The Morgan fingerprint density at radius 1 is 1.18 bits per heavy atom. The Kier molecular flexibility index (Phi) is 6.39. The molecule has 2 N–H and O–H groups in total. The second-order valence-corrected chi connectivity index (χ2v) is 7.63. The van der Waals surface area contributed by atoms with Gasteiger partial charge in [-0.05, 0) is 24.3 Å². The molecular weight excluding hydrogens is 455 g/mol. The molecule has 0 spiro atoms. The van der Waals surface area contributed by atoms with Crippen molar-refractivity contribution >= 4 is 17.6 Å². The molecule has 1 aliphatic heterocycles. The molecule has 34 heavy (non-hydrogen) atoms. The van der Waals surface area contributed by atoms with Crippen molar-refractivity contribution in [2.24, 2.45) is 0 Å². The lowest BCUT2D eigenvalue weighted by atomic mass is 9.93. The van der Waals surface area contributed by atoms with Crippen molar-refractivity contribution in [3.63, 3.8) is 0 Å². The molecule has 1 fully saturated rings. The molecule has 0 saturated carbocycles. The van der Waals surface area contributed by atoms with Crippen LogP contribution in [0.2, 0.25) is 0 Å². The maximum Gasteiger partial charge on any atom is 0.319 e. The standard InChI is InChI=1S/C22H20F3N5O4/c1-11-28-29-18(34-11)10-30-9-15(19-16(24)7-14(33-2)8-17(19)25)20(21(30)31)27-22(32)26-13-5-3-12(23)4-6-13/h3-8,15,20H,9-10H2,1-2H3,(H2,26,27,32). The van der Waals surface area contributed by atoms with Gasteiger partial charge in [-0.15, -0.1) is 10.2 Å². The number of amides is 3. The zero-order chi connectivity index (χ0) is 24.4. The number of carbonyl (C=O) groups excluding carboxylic acids is 2. The lowest BCUT2D eigenvalue weighted by molar-refractivity contribution is -0.130. The molecule has 1 aliphatic rings. The highest BCUT2D eigenvalue weighted by atomic mass is 19.1. The van der Waals surface area contributed by atoms with Gasteiger partial charge in [0.15, 0.2) is 0 Å². The number of hydrogen-bond acceptors (Lipinski definition) is 6. The maximum atomic E-state index is 14.9. The minimum absolute atomic E-state index is 0.0279. The van der Waals surface area contributed by atoms with Crippen molar-refractivity contribution in [3.05, 3.63) is 71.2 Å². The third kappa shape index (κ3) is 4.80. The molecular formula is C22H20F3N5O4. The van der Waals surface area contributed by atoms with E-state index in [0.717, 1.165) is 24.3 Å². The first-order chi connectivity index (χ1) is 16.2. The summed E-state index contributed by atoms with van der Waals surface area (Å²) in [6.45, 7) is 1.35. The van der Waals surface area contributed by atoms with E-state index in [-0.39, 0.29) is 36.0 Å². The Bertz CT molecular complexity index is 1190. The van der Waals surface area contributed by atoms with Crippen LogP contribution in [-0.4, -0.2) is 46.7 Å². The SMILES string of the molecule is COc1cc(F)c(C2CN(Cc3nnc(C)o3)C(=O)C2NC(=O)Nc2ccc(F)cc2)c(F)c1. The first kappa shape index (κ1) is 23.1. The molecule has 2 heterocycles. The molecule has 2 aromatic carbocycles.